The molecule has 24 heavy (non-hydrogen) atoms. The molecule has 4 nitrogen and oxygen atoms in total. The molecule has 1 amide bonds. The minimum absolute atomic E-state index is 0.102. The molecule has 2 aliphatic heterocycles. The third-order valence-corrected chi connectivity index (χ3v) is 5.40. The number of aryl methyl sites for hydroxylation is 1. The maximum absolute atomic E-state index is 11.8. The van der Waals surface area contributed by atoms with Crippen molar-refractivity contribution in [1.29, 1.82) is 0 Å². The normalized spacial score (nSPS) is 20.3. The van der Waals surface area contributed by atoms with Gasteiger partial charge in [-0.1, -0.05) is 25.0 Å². The molecule has 1 unspecified atom stereocenters. The fourth-order valence-corrected chi connectivity index (χ4v) is 3.98. The van der Waals surface area contributed by atoms with Crippen molar-refractivity contribution in [3.63, 3.8) is 0 Å². The lowest BCUT2D eigenvalue weighted by Gasteiger charge is -2.29. The summed E-state index contributed by atoms with van der Waals surface area (Å²) < 4.78 is 0. The molecular formula is C20H30N2O2. The Hall–Kier alpha value is -1.39. The van der Waals surface area contributed by atoms with Crippen molar-refractivity contribution in [2.24, 2.45) is 0 Å². The van der Waals surface area contributed by atoms with E-state index in [-0.39, 0.29) is 5.91 Å². The lowest BCUT2D eigenvalue weighted by molar-refractivity contribution is -0.116. The molecule has 3 rings (SSSR count). The number of hydrogen-bond donors (Lipinski definition) is 1. The minimum Gasteiger partial charge on any atom is -0.388 e. The molecule has 1 aromatic carbocycles. The first-order valence-corrected chi connectivity index (χ1v) is 9.46. The first-order chi connectivity index (χ1) is 11.6. The average Bonchev–Trinajstić information content (AvgIpc) is 2.87. The van der Waals surface area contributed by atoms with Gasteiger partial charge in [0, 0.05) is 25.7 Å². The molecule has 0 spiro atoms. The van der Waals surface area contributed by atoms with Crippen molar-refractivity contribution in [3.05, 3.63) is 29.3 Å². The summed E-state index contributed by atoms with van der Waals surface area (Å²) in [5.41, 5.74) is 3.22. The van der Waals surface area contributed by atoms with Crippen LogP contribution in [0.2, 0.25) is 0 Å². The number of carbonyl (C=O) groups is 1. The van der Waals surface area contributed by atoms with Crippen molar-refractivity contribution in [3.8, 4) is 0 Å². The maximum atomic E-state index is 11.8. The topological polar surface area (TPSA) is 43.8 Å². The third-order valence-electron chi connectivity index (χ3n) is 5.40. The standard InChI is InChI=1S/C20H30N2O2/c1-16(23)22-13-6-7-17-15-18(8-9-19(17)22)20(24)10-14-21-11-4-2-3-5-12-21/h8-9,15,20,24H,2-7,10-14H2,1H3. The van der Waals surface area contributed by atoms with Crippen molar-refractivity contribution >= 4 is 11.6 Å². The largest absolute Gasteiger partial charge is 0.388 e. The summed E-state index contributed by atoms with van der Waals surface area (Å²) in [5.74, 6) is 0.102. The predicted octanol–water partition coefficient (Wildman–Crippen LogP) is 3.29. The highest BCUT2D eigenvalue weighted by molar-refractivity contribution is 5.92. The monoisotopic (exact) mass is 330 g/mol. The van der Waals surface area contributed by atoms with Crippen LogP contribution < -0.4 is 4.90 Å². The van der Waals surface area contributed by atoms with Crippen LogP contribution in [0.1, 0.15) is 62.7 Å². The van der Waals surface area contributed by atoms with Crippen LogP contribution in [-0.4, -0.2) is 42.1 Å². The van der Waals surface area contributed by atoms with E-state index in [1.807, 2.05) is 17.0 Å². The van der Waals surface area contributed by atoms with E-state index in [9.17, 15) is 9.90 Å². The quantitative estimate of drug-likeness (QED) is 0.921. The number of anilines is 1. The van der Waals surface area contributed by atoms with E-state index in [2.05, 4.69) is 11.0 Å². The van der Waals surface area contributed by atoms with Gasteiger partial charge in [0.1, 0.15) is 0 Å². The zero-order chi connectivity index (χ0) is 16.9. The van der Waals surface area contributed by atoms with Crippen molar-refractivity contribution in [2.45, 2.75) is 58.0 Å². The molecule has 4 heteroatoms. The van der Waals surface area contributed by atoms with Crippen LogP contribution in [0.5, 0.6) is 0 Å². The zero-order valence-corrected chi connectivity index (χ0v) is 14.8. The van der Waals surface area contributed by atoms with Crippen LogP contribution in [0.4, 0.5) is 5.69 Å². The lowest BCUT2D eigenvalue weighted by atomic mass is 9.96. The first-order valence-electron chi connectivity index (χ1n) is 9.46. The summed E-state index contributed by atoms with van der Waals surface area (Å²) in [4.78, 5) is 16.1. The number of benzene rings is 1. The van der Waals surface area contributed by atoms with E-state index in [0.29, 0.717) is 0 Å². The van der Waals surface area contributed by atoms with Gasteiger partial charge in [-0.3, -0.25) is 4.79 Å². The molecule has 2 heterocycles. The average molecular weight is 330 g/mol. The van der Waals surface area contributed by atoms with E-state index in [1.165, 1.54) is 44.3 Å². The molecule has 132 valence electrons. The number of nitrogens with zero attached hydrogens (tertiary/aromatic N) is 2. The van der Waals surface area contributed by atoms with Crippen molar-refractivity contribution < 1.29 is 9.90 Å². The van der Waals surface area contributed by atoms with E-state index in [4.69, 9.17) is 0 Å². The number of hydrogen-bond acceptors (Lipinski definition) is 3. The van der Waals surface area contributed by atoms with Gasteiger partial charge in [0.25, 0.3) is 0 Å². The van der Waals surface area contributed by atoms with Crippen molar-refractivity contribution in [2.75, 3.05) is 31.1 Å². The zero-order valence-electron chi connectivity index (χ0n) is 14.8. The number of carbonyl (C=O) groups excluding carboxylic acids is 1. The van der Waals surface area contributed by atoms with Gasteiger partial charge in [-0.05, 0) is 62.4 Å². The Labute approximate surface area is 145 Å². The van der Waals surface area contributed by atoms with E-state index >= 15 is 0 Å². The number of fused-ring (bicyclic) bond motifs is 1. The molecule has 1 fully saturated rings. The third kappa shape index (κ3) is 4.17. The molecule has 1 saturated heterocycles. The Balaban J connectivity index is 1.63. The Morgan fingerprint density at radius 1 is 1.12 bits per heavy atom. The summed E-state index contributed by atoms with van der Waals surface area (Å²) in [7, 11) is 0. The molecule has 1 atom stereocenters. The summed E-state index contributed by atoms with van der Waals surface area (Å²) in [6.07, 6.45) is 7.63. The second-order valence-electron chi connectivity index (χ2n) is 7.22. The van der Waals surface area contributed by atoms with Crippen LogP contribution in [0, 0.1) is 0 Å². The minimum atomic E-state index is -0.411. The highest BCUT2D eigenvalue weighted by atomic mass is 16.3. The number of likely N-dealkylation sites (tertiary alicyclic amines) is 1. The molecule has 1 N–H and O–H groups in total. The second kappa shape index (κ2) is 8.13. The van der Waals surface area contributed by atoms with Gasteiger partial charge < -0.3 is 14.9 Å². The Morgan fingerprint density at radius 2 is 1.88 bits per heavy atom. The predicted molar refractivity (Wildman–Crippen MR) is 97.3 cm³/mol. The molecule has 0 bridgehead atoms. The van der Waals surface area contributed by atoms with Gasteiger partial charge in [0.2, 0.25) is 5.91 Å². The van der Waals surface area contributed by atoms with Crippen molar-refractivity contribution in [1.82, 2.24) is 4.90 Å². The fourth-order valence-electron chi connectivity index (χ4n) is 3.98. The molecule has 2 aliphatic rings. The number of aliphatic hydroxyl groups excluding tert-OH is 1. The first kappa shape index (κ1) is 17.4. The summed E-state index contributed by atoms with van der Waals surface area (Å²) in [6.45, 7) is 5.74. The van der Waals surface area contributed by atoms with E-state index < -0.39 is 6.10 Å². The Morgan fingerprint density at radius 3 is 2.58 bits per heavy atom. The molecule has 0 aliphatic carbocycles. The van der Waals surface area contributed by atoms with Crippen LogP contribution in [0.25, 0.3) is 0 Å². The number of amides is 1. The SMILES string of the molecule is CC(=O)N1CCCc2cc(C(O)CCN3CCCCCC3)ccc21. The Kier molecular flexibility index (Phi) is 5.90. The smallest absolute Gasteiger partial charge is 0.223 e. The van der Waals surface area contributed by atoms with Gasteiger partial charge in [0.15, 0.2) is 0 Å². The summed E-state index contributed by atoms with van der Waals surface area (Å²) >= 11 is 0. The molecule has 0 radical (unpaired) electrons. The molecule has 0 saturated carbocycles. The molecule has 0 aromatic heterocycles. The second-order valence-corrected chi connectivity index (χ2v) is 7.22. The van der Waals surface area contributed by atoms with Gasteiger partial charge in [-0.15, -0.1) is 0 Å². The number of rotatable bonds is 4. The van der Waals surface area contributed by atoms with Crippen LogP contribution >= 0.6 is 0 Å². The van der Waals surface area contributed by atoms with Crippen LogP contribution in [0.15, 0.2) is 18.2 Å². The molecule has 1 aromatic rings. The van der Waals surface area contributed by atoms with Gasteiger partial charge in [-0.25, -0.2) is 0 Å². The van der Waals surface area contributed by atoms with Gasteiger partial charge in [0.05, 0.1) is 6.10 Å². The number of aliphatic hydroxyl groups is 1. The van der Waals surface area contributed by atoms with Gasteiger partial charge in [-0.2, -0.15) is 0 Å². The summed E-state index contributed by atoms with van der Waals surface area (Å²) in [6, 6.07) is 6.12. The maximum Gasteiger partial charge on any atom is 0.223 e. The summed E-state index contributed by atoms with van der Waals surface area (Å²) in [5, 5.41) is 10.6. The van der Waals surface area contributed by atoms with Gasteiger partial charge >= 0.3 is 0 Å². The Bertz CT molecular complexity index is 565. The fraction of sp³-hybridized carbons (Fsp3) is 0.650. The van der Waals surface area contributed by atoms with Crippen LogP contribution in [-0.2, 0) is 11.2 Å². The van der Waals surface area contributed by atoms with E-state index in [0.717, 1.165) is 43.6 Å². The van der Waals surface area contributed by atoms with Crippen LogP contribution in [0.3, 0.4) is 0 Å². The molecular weight excluding hydrogens is 300 g/mol. The lowest BCUT2D eigenvalue weighted by Crippen LogP contribution is -2.33. The highest BCUT2D eigenvalue weighted by Crippen LogP contribution is 2.30. The van der Waals surface area contributed by atoms with E-state index in [1.54, 1.807) is 6.92 Å². The highest BCUT2D eigenvalue weighted by Gasteiger charge is 2.21.